The van der Waals surface area contributed by atoms with Crippen LogP contribution in [-0.2, 0) is 14.8 Å². The third-order valence-corrected chi connectivity index (χ3v) is 8.54. The Morgan fingerprint density at radius 1 is 1.24 bits per heavy atom. The smallest absolute Gasteiger partial charge is 0.253 e. The molecule has 1 aliphatic rings. The van der Waals surface area contributed by atoms with Gasteiger partial charge in [0.2, 0.25) is 5.91 Å². The molecule has 4 rings (SSSR count). The fourth-order valence-electron chi connectivity index (χ4n) is 3.16. The van der Waals surface area contributed by atoms with Crippen molar-refractivity contribution < 1.29 is 22.0 Å². The Balaban J connectivity index is 1.52. The number of anilines is 1. The molecule has 0 aliphatic carbocycles. The highest BCUT2D eigenvalue weighted by Gasteiger charge is 2.40. The van der Waals surface area contributed by atoms with E-state index in [-0.39, 0.29) is 27.1 Å². The molecule has 3 heterocycles. The molecule has 1 atom stereocenters. The summed E-state index contributed by atoms with van der Waals surface area (Å²) in [6.45, 7) is 0.266. The lowest BCUT2D eigenvalue weighted by Gasteiger charge is -2.22. The first-order valence-corrected chi connectivity index (χ1v) is 11.8. The van der Waals surface area contributed by atoms with Gasteiger partial charge >= 0.3 is 0 Å². The molecule has 6 nitrogen and oxygen atoms in total. The molecule has 29 heavy (non-hydrogen) atoms. The molecule has 1 unspecified atom stereocenters. The molecule has 1 amide bonds. The minimum Gasteiger partial charge on any atom is -0.301 e. The molecule has 152 valence electrons. The van der Waals surface area contributed by atoms with Crippen LogP contribution in [0.15, 0.2) is 45.3 Å². The molecule has 1 aliphatic heterocycles. The van der Waals surface area contributed by atoms with Gasteiger partial charge < -0.3 is 5.32 Å². The molecule has 1 saturated heterocycles. The zero-order chi connectivity index (χ0) is 20.6. The molecule has 2 aromatic heterocycles. The summed E-state index contributed by atoms with van der Waals surface area (Å²) < 4.78 is 54.0. The number of hydrogen-bond acceptors (Lipinski definition) is 6. The van der Waals surface area contributed by atoms with Gasteiger partial charge in [0.05, 0.1) is 5.69 Å². The molecule has 0 spiro atoms. The number of nitrogens with zero attached hydrogens (tertiary/aromatic N) is 2. The minimum absolute atomic E-state index is 0.117. The number of nitrogens with one attached hydrogen (secondary N) is 1. The van der Waals surface area contributed by atoms with E-state index in [9.17, 15) is 22.0 Å². The number of hydrogen-bond donors (Lipinski definition) is 1. The van der Waals surface area contributed by atoms with E-state index in [1.807, 2.05) is 0 Å². The average molecular weight is 456 g/mol. The van der Waals surface area contributed by atoms with Gasteiger partial charge in [-0.25, -0.2) is 22.2 Å². The zero-order valence-electron chi connectivity index (χ0n) is 14.8. The number of aromatic nitrogens is 1. The highest BCUT2D eigenvalue weighted by Crippen LogP contribution is 2.31. The third-order valence-electron chi connectivity index (χ3n) is 4.51. The second kappa shape index (κ2) is 7.90. The molecule has 11 heteroatoms. The molecule has 3 aromatic rings. The van der Waals surface area contributed by atoms with Gasteiger partial charge in [0, 0.05) is 23.6 Å². The van der Waals surface area contributed by atoms with Crippen molar-refractivity contribution >= 4 is 43.7 Å². The van der Waals surface area contributed by atoms with E-state index in [4.69, 9.17) is 0 Å². The van der Waals surface area contributed by atoms with E-state index in [0.29, 0.717) is 12.8 Å². The molecular weight excluding hydrogens is 440 g/mol. The summed E-state index contributed by atoms with van der Waals surface area (Å²) in [5, 5.41) is 6.05. The van der Waals surface area contributed by atoms with Crippen molar-refractivity contribution in [2.75, 3.05) is 11.9 Å². The maximum Gasteiger partial charge on any atom is 0.253 e. The summed E-state index contributed by atoms with van der Waals surface area (Å²) in [7, 11) is -3.74. The fraction of sp³-hybridized carbons (Fsp3) is 0.222. The fourth-order valence-corrected chi connectivity index (χ4v) is 6.65. The molecule has 0 saturated carbocycles. The number of thiophene rings is 1. The SMILES string of the molecule is O=C(Nc1nc(-c2ccc(F)cc2F)cs1)C1CCCN1S(=O)(=O)c1cccs1. The summed E-state index contributed by atoms with van der Waals surface area (Å²) in [4.78, 5) is 16.9. The highest BCUT2D eigenvalue weighted by atomic mass is 32.2. The topological polar surface area (TPSA) is 79.4 Å². The molecule has 0 radical (unpaired) electrons. The van der Waals surface area contributed by atoms with Crippen LogP contribution in [0, 0.1) is 11.6 Å². The number of benzene rings is 1. The van der Waals surface area contributed by atoms with E-state index in [2.05, 4.69) is 10.3 Å². The normalized spacial score (nSPS) is 17.5. The van der Waals surface area contributed by atoms with E-state index in [1.54, 1.807) is 16.8 Å². The van der Waals surface area contributed by atoms with Crippen LogP contribution in [0.1, 0.15) is 12.8 Å². The zero-order valence-corrected chi connectivity index (χ0v) is 17.3. The van der Waals surface area contributed by atoms with Crippen LogP contribution in [0.2, 0.25) is 0 Å². The molecular formula is C18H15F2N3O3S3. The van der Waals surface area contributed by atoms with Gasteiger partial charge in [0.1, 0.15) is 21.9 Å². The van der Waals surface area contributed by atoms with Crippen molar-refractivity contribution in [1.29, 1.82) is 0 Å². The van der Waals surface area contributed by atoms with Crippen molar-refractivity contribution in [3.05, 3.63) is 52.7 Å². The number of thiazole rings is 1. The van der Waals surface area contributed by atoms with Gasteiger partial charge in [-0.05, 0) is 36.4 Å². The highest BCUT2D eigenvalue weighted by molar-refractivity contribution is 7.91. The predicted octanol–water partition coefficient (Wildman–Crippen LogP) is 3.94. The second-order valence-corrected chi connectivity index (χ2v) is 10.3. The van der Waals surface area contributed by atoms with Crippen LogP contribution in [0.5, 0.6) is 0 Å². The van der Waals surface area contributed by atoms with Crippen LogP contribution >= 0.6 is 22.7 Å². The Morgan fingerprint density at radius 2 is 2.07 bits per heavy atom. The number of halogens is 2. The van der Waals surface area contributed by atoms with Crippen LogP contribution in [0.4, 0.5) is 13.9 Å². The Hall–Kier alpha value is -2.21. The summed E-state index contributed by atoms with van der Waals surface area (Å²) in [6.07, 6.45) is 0.980. The number of carbonyl (C=O) groups is 1. The van der Waals surface area contributed by atoms with Crippen LogP contribution in [0.25, 0.3) is 11.3 Å². The van der Waals surface area contributed by atoms with Gasteiger partial charge in [-0.2, -0.15) is 4.31 Å². The summed E-state index contributed by atoms with van der Waals surface area (Å²) in [5.74, 6) is -1.93. The first-order chi connectivity index (χ1) is 13.9. The van der Waals surface area contributed by atoms with Gasteiger partial charge in [0.25, 0.3) is 10.0 Å². The largest absolute Gasteiger partial charge is 0.301 e. The lowest BCUT2D eigenvalue weighted by atomic mass is 10.1. The first-order valence-electron chi connectivity index (χ1n) is 8.63. The summed E-state index contributed by atoms with van der Waals surface area (Å²) in [5.41, 5.74) is 0.378. The minimum atomic E-state index is -3.74. The molecule has 1 fully saturated rings. The van der Waals surface area contributed by atoms with Crippen LogP contribution < -0.4 is 5.32 Å². The van der Waals surface area contributed by atoms with Gasteiger partial charge in [-0.1, -0.05) is 6.07 Å². The second-order valence-electron chi connectivity index (χ2n) is 6.36. The number of carbonyl (C=O) groups excluding carboxylic acids is 1. The predicted molar refractivity (Wildman–Crippen MR) is 107 cm³/mol. The Kier molecular flexibility index (Phi) is 5.47. The molecule has 1 aromatic carbocycles. The van der Waals surface area contributed by atoms with Gasteiger partial charge in [-0.3, -0.25) is 4.79 Å². The maximum atomic E-state index is 13.9. The van der Waals surface area contributed by atoms with Crippen molar-refractivity contribution in [1.82, 2.24) is 9.29 Å². The monoisotopic (exact) mass is 455 g/mol. The summed E-state index contributed by atoms with van der Waals surface area (Å²) >= 11 is 2.19. The van der Waals surface area contributed by atoms with Crippen molar-refractivity contribution in [2.45, 2.75) is 23.1 Å². The van der Waals surface area contributed by atoms with Crippen LogP contribution in [-0.4, -0.2) is 36.2 Å². The lowest BCUT2D eigenvalue weighted by Crippen LogP contribution is -2.42. The standard InChI is InChI=1S/C18H15F2N3O3S3/c19-11-5-6-12(13(20)9-11)14-10-28-18(21-14)22-17(24)15-3-1-7-23(15)29(25,26)16-4-2-8-27-16/h2,4-6,8-10,15H,1,3,7H2,(H,21,22,24). The molecule has 1 N–H and O–H groups in total. The van der Waals surface area contributed by atoms with Crippen molar-refractivity contribution in [3.63, 3.8) is 0 Å². The Morgan fingerprint density at radius 3 is 2.79 bits per heavy atom. The number of rotatable bonds is 5. The Bertz CT molecular complexity index is 1150. The van der Waals surface area contributed by atoms with Crippen LogP contribution in [0.3, 0.4) is 0 Å². The van der Waals surface area contributed by atoms with E-state index >= 15 is 0 Å². The van der Waals surface area contributed by atoms with E-state index in [0.717, 1.165) is 34.8 Å². The van der Waals surface area contributed by atoms with Crippen molar-refractivity contribution in [3.8, 4) is 11.3 Å². The number of amides is 1. The average Bonchev–Trinajstić information content (AvgIpc) is 3.43. The first kappa shape index (κ1) is 20.1. The van der Waals surface area contributed by atoms with Gasteiger partial charge in [-0.15, -0.1) is 22.7 Å². The number of sulfonamides is 1. The molecule has 0 bridgehead atoms. The van der Waals surface area contributed by atoms with Crippen molar-refractivity contribution in [2.24, 2.45) is 0 Å². The third kappa shape index (κ3) is 3.95. The van der Waals surface area contributed by atoms with E-state index in [1.165, 1.54) is 16.4 Å². The maximum absolute atomic E-state index is 13.9. The Labute approximate surface area is 173 Å². The quantitative estimate of drug-likeness (QED) is 0.632. The lowest BCUT2D eigenvalue weighted by molar-refractivity contribution is -0.119. The van der Waals surface area contributed by atoms with E-state index < -0.39 is 33.6 Å². The van der Waals surface area contributed by atoms with Gasteiger partial charge in [0.15, 0.2) is 5.13 Å². The summed E-state index contributed by atoms with van der Waals surface area (Å²) in [6, 6.07) is 5.49.